The van der Waals surface area contributed by atoms with Gasteiger partial charge in [0.15, 0.2) is 5.82 Å². The second-order valence-electron chi connectivity index (χ2n) is 3.57. The number of aromatic nitrogens is 3. The number of nitrogens with two attached hydrogens (primary N) is 1. The predicted octanol–water partition coefficient (Wildman–Crippen LogP) is 1.92. The van der Waals surface area contributed by atoms with E-state index in [1.54, 1.807) is 4.68 Å². The first-order valence-corrected chi connectivity index (χ1v) is 4.90. The summed E-state index contributed by atoms with van der Waals surface area (Å²) in [5.41, 5.74) is 6.80. The third-order valence-corrected chi connectivity index (χ3v) is 2.24. The number of hydrogen-bond acceptors (Lipinski definition) is 3. The molecule has 1 aromatic heterocycles. The van der Waals surface area contributed by atoms with E-state index in [-0.39, 0.29) is 18.4 Å². The third kappa shape index (κ3) is 2.40. The van der Waals surface area contributed by atoms with Crippen LogP contribution in [0.3, 0.4) is 0 Å². The largest absolute Gasteiger partial charge is 0.322 e. The molecule has 0 unspecified atom stereocenters. The molecule has 0 aliphatic heterocycles. The van der Waals surface area contributed by atoms with Crippen LogP contribution in [0.25, 0.3) is 11.4 Å². The summed E-state index contributed by atoms with van der Waals surface area (Å²) in [6.07, 6.45) is 0. The number of nitrogens with zero attached hydrogens (tertiary/aromatic N) is 3. The maximum absolute atomic E-state index is 5.78. The Kier molecular flexibility index (Phi) is 4.04. The molecule has 2 rings (SSSR count). The van der Waals surface area contributed by atoms with Gasteiger partial charge in [0.25, 0.3) is 0 Å². The van der Waals surface area contributed by atoms with Crippen LogP contribution < -0.4 is 5.73 Å². The standard InChI is InChI=1S/C11H14N4.ClH/c1-8(12)11-13-10(14-15(11)2)9-6-4-3-5-7-9;/h3-8H,12H2,1-2H3;1H/t8-;/m0./s1. The average Bonchev–Trinajstić information content (AvgIpc) is 2.62. The van der Waals surface area contributed by atoms with Gasteiger partial charge in [-0.2, -0.15) is 5.10 Å². The Labute approximate surface area is 101 Å². The Balaban J connectivity index is 0.00000128. The molecule has 0 fully saturated rings. The van der Waals surface area contributed by atoms with Crippen LogP contribution in [-0.2, 0) is 7.05 Å². The lowest BCUT2D eigenvalue weighted by Gasteiger charge is -2.00. The molecule has 86 valence electrons. The maximum atomic E-state index is 5.78. The minimum atomic E-state index is -0.0973. The van der Waals surface area contributed by atoms with Crippen LogP contribution in [0.15, 0.2) is 30.3 Å². The van der Waals surface area contributed by atoms with Crippen molar-refractivity contribution >= 4 is 12.4 Å². The van der Waals surface area contributed by atoms with Crippen LogP contribution in [0.2, 0.25) is 0 Å². The summed E-state index contributed by atoms with van der Waals surface area (Å²) in [4.78, 5) is 4.41. The zero-order valence-corrected chi connectivity index (χ0v) is 10.1. The van der Waals surface area contributed by atoms with Crippen LogP contribution in [-0.4, -0.2) is 14.8 Å². The van der Waals surface area contributed by atoms with E-state index in [1.165, 1.54) is 0 Å². The fourth-order valence-electron chi connectivity index (χ4n) is 1.50. The lowest BCUT2D eigenvalue weighted by molar-refractivity contribution is 0.639. The van der Waals surface area contributed by atoms with Crippen molar-refractivity contribution in [2.75, 3.05) is 0 Å². The van der Waals surface area contributed by atoms with Crippen LogP contribution in [0.4, 0.5) is 0 Å². The van der Waals surface area contributed by atoms with E-state index >= 15 is 0 Å². The maximum Gasteiger partial charge on any atom is 0.181 e. The molecule has 0 aliphatic rings. The molecule has 0 spiro atoms. The van der Waals surface area contributed by atoms with Crippen molar-refractivity contribution in [3.8, 4) is 11.4 Å². The van der Waals surface area contributed by atoms with Crippen molar-refractivity contribution in [3.05, 3.63) is 36.2 Å². The minimum absolute atomic E-state index is 0. The molecule has 1 atom stereocenters. The summed E-state index contributed by atoms with van der Waals surface area (Å²) in [6.45, 7) is 1.90. The molecular formula is C11H15ClN4. The molecule has 5 heteroatoms. The van der Waals surface area contributed by atoms with Crippen molar-refractivity contribution in [2.24, 2.45) is 12.8 Å². The summed E-state index contributed by atoms with van der Waals surface area (Å²) in [5, 5.41) is 4.33. The second kappa shape index (κ2) is 5.09. The first kappa shape index (κ1) is 12.7. The smallest absolute Gasteiger partial charge is 0.181 e. The van der Waals surface area contributed by atoms with Gasteiger partial charge in [0.1, 0.15) is 5.82 Å². The lowest BCUT2D eigenvalue weighted by atomic mass is 10.2. The second-order valence-corrected chi connectivity index (χ2v) is 3.57. The summed E-state index contributed by atoms with van der Waals surface area (Å²) in [7, 11) is 1.86. The van der Waals surface area contributed by atoms with Gasteiger partial charge in [-0.25, -0.2) is 4.98 Å². The van der Waals surface area contributed by atoms with Gasteiger partial charge in [0, 0.05) is 12.6 Å². The number of benzene rings is 1. The van der Waals surface area contributed by atoms with Gasteiger partial charge in [-0.15, -0.1) is 12.4 Å². The van der Waals surface area contributed by atoms with Gasteiger partial charge < -0.3 is 5.73 Å². The van der Waals surface area contributed by atoms with E-state index in [1.807, 2.05) is 44.3 Å². The van der Waals surface area contributed by atoms with Gasteiger partial charge in [-0.1, -0.05) is 30.3 Å². The van der Waals surface area contributed by atoms with Crippen LogP contribution in [0, 0.1) is 0 Å². The highest BCUT2D eigenvalue weighted by Crippen LogP contribution is 2.16. The molecule has 2 N–H and O–H groups in total. The monoisotopic (exact) mass is 238 g/mol. The molecule has 4 nitrogen and oxygen atoms in total. The van der Waals surface area contributed by atoms with Gasteiger partial charge in [-0.05, 0) is 6.92 Å². The molecule has 0 radical (unpaired) electrons. The zero-order chi connectivity index (χ0) is 10.8. The minimum Gasteiger partial charge on any atom is -0.322 e. The number of rotatable bonds is 2. The van der Waals surface area contributed by atoms with E-state index < -0.39 is 0 Å². The predicted molar refractivity (Wildman–Crippen MR) is 66.3 cm³/mol. The van der Waals surface area contributed by atoms with Gasteiger partial charge >= 0.3 is 0 Å². The Hall–Kier alpha value is -1.39. The van der Waals surface area contributed by atoms with Crippen molar-refractivity contribution in [2.45, 2.75) is 13.0 Å². The van der Waals surface area contributed by atoms with E-state index in [0.29, 0.717) is 0 Å². The van der Waals surface area contributed by atoms with E-state index in [0.717, 1.165) is 17.2 Å². The molecule has 0 bridgehead atoms. The highest BCUT2D eigenvalue weighted by molar-refractivity contribution is 5.85. The van der Waals surface area contributed by atoms with Crippen molar-refractivity contribution in [1.82, 2.24) is 14.8 Å². The Bertz CT molecular complexity index is 450. The number of hydrogen-bond donors (Lipinski definition) is 1. The molecule has 1 aromatic carbocycles. The topological polar surface area (TPSA) is 56.7 Å². The Morgan fingerprint density at radius 3 is 2.38 bits per heavy atom. The molecule has 16 heavy (non-hydrogen) atoms. The summed E-state index contributed by atoms with van der Waals surface area (Å²) in [5.74, 6) is 1.53. The average molecular weight is 239 g/mol. The summed E-state index contributed by atoms with van der Waals surface area (Å²) >= 11 is 0. The van der Waals surface area contributed by atoms with Crippen LogP contribution in [0.1, 0.15) is 18.8 Å². The third-order valence-electron chi connectivity index (χ3n) is 2.24. The van der Waals surface area contributed by atoms with Crippen molar-refractivity contribution in [1.29, 1.82) is 0 Å². The molecule has 0 aliphatic carbocycles. The highest BCUT2D eigenvalue weighted by atomic mass is 35.5. The fourth-order valence-corrected chi connectivity index (χ4v) is 1.50. The molecule has 0 amide bonds. The molecular weight excluding hydrogens is 224 g/mol. The Morgan fingerprint density at radius 1 is 1.25 bits per heavy atom. The SMILES string of the molecule is C[C@H](N)c1nc(-c2ccccc2)nn1C.Cl. The summed E-state index contributed by atoms with van der Waals surface area (Å²) in [6, 6.07) is 9.79. The van der Waals surface area contributed by atoms with E-state index in [4.69, 9.17) is 5.73 Å². The van der Waals surface area contributed by atoms with Crippen molar-refractivity contribution < 1.29 is 0 Å². The molecule has 2 aromatic rings. The van der Waals surface area contributed by atoms with Crippen LogP contribution >= 0.6 is 12.4 Å². The normalized spacial score (nSPS) is 11.9. The van der Waals surface area contributed by atoms with E-state index in [2.05, 4.69) is 10.1 Å². The van der Waals surface area contributed by atoms with Gasteiger partial charge in [-0.3, -0.25) is 4.68 Å². The number of aryl methyl sites for hydroxylation is 1. The lowest BCUT2D eigenvalue weighted by Crippen LogP contribution is -2.11. The Morgan fingerprint density at radius 2 is 1.88 bits per heavy atom. The highest BCUT2D eigenvalue weighted by Gasteiger charge is 2.11. The first-order valence-electron chi connectivity index (χ1n) is 4.90. The fraction of sp³-hybridized carbons (Fsp3) is 0.273. The molecule has 0 saturated heterocycles. The first-order chi connectivity index (χ1) is 7.18. The van der Waals surface area contributed by atoms with Crippen molar-refractivity contribution in [3.63, 3.8) is 0 Å². The molecule has 0 saturated carbocycles. The van der Waals surface area contributed by atoms with Gasteiger partial charge in [0.05, 0.1) is 6.04 Å². The van der Waals surface area contributed by atoms with Gasteiger partial charge in [0.2, 0.25) is 0 Å². The molecule has 1 heterocycles. The quantitative estimate of drug-likeness (QED) is 0.870. The zero-order valence-electron chi connectivity index (χ0n) is 9.29. The van der Waals surface area contributed by atoms with Crippen LogP contribution in [0.5, 0.6) is 0 Å². The number of halogens is 1. The van der Waals surface area contributed by atoms with E-state index in [9.17, 15) is 0 Å². The summed E-state index contributed by atoms with van der Waals surface area (Å²) < 4.78 is 1.73.